The summed E-state index contributed by atoms with van der Waals surface area (Å²) >= 11 is 0. The highest BCUT2D eigenvalue weighted by atomic mass is 16.5. The Kier molecular flexibility index (Phi) is 4.51. The summed E-state index contributed by atoms with van der Waals surface area (Å²) in [6.45, 7) is 3.59. The molecular formula is C19H21N5O2. The van der Waals surface area contributed by atoms with E-state index in [1.54, 1.807) is 6.33 Å². The van der Waals surface area contributed by atoms with Crippen LogP contribution in [0.5, 0.6) is 5.88 Å². The van der Waals surface area contributed by atoms with Gasteiger partial charge >= 0.3 is 0 Å². The van der Waals surface area contributed by atoms with Crippen LogP contribution in [0.25, 0.3) is 11.0 Å². The Morgan fingerprint density at radius 3 is 2.73 bits per heavy atom. The summed E-state index contributed by atoms with van der Waals surface area (Å²) in [5, 5.41) is 8.05. The Balaban J connectivity index is 1.32. The first-order valence-corrected chi connectivity index (χ1v) is 8.84. The lowest BCUT2D eigenvalue weighted by molar-refractivity contribution is -0.133. The second kappa shape index (κ2) is 7.11. The number of likely N-dealkylation sites (tertiary alicyclic amines) is 1. The van der Waals surface area contributed by atoms with E-state index in [4.69, 9.17) is 4.74 Å². The summed E-state index contributed by atoms with van der Waals surface area (Å²) in [5.74, 6) is 0.659. The van der Waals surface area contributed by atoms with Crippen molar-refractivity contribution in [1.82, 2.24) is 24.6 Å². The lowest BCUT2D eigenvalue weighted by Crippen LogP contribution is -2.43. The summed E-state index contributed by atoms with van der Waals surface area (Å²) in [6.07, 6.45) is 3.40. The number of carbonyl (C=O) groups excluding carboxylic acids is 1. The smallest absolute Gasteiger partial charge is 0.242 e. The molecule has 7 heteroatoms. The van der Waals surface area contributed by atoms with Gasteiger partial charge in [0.15, 0.2) is 0 Å². The monoisotopic (exact) mass is 351 g/mol. The van der Waals surface area contributed by atoms with Crippen LogP contribution in [0.1, 0.15) is 18.5 Å². The first kappa shape index (κ1) is 16.5. The highest BCUT2D eigenvalue weighted by Crippen LogP contribution is 2.18. The number of piperidine rings is 1. The van der Waals surface area contributed by atoms with Gasteiger partial charge in [-0.2, -0.15) is 5.10 Å². The number of nitrogens with zero attached hydrogens (tertiary/aromatic N) is 5. The average molecular weight is 351 g/mol. The fourth-order valence-corrected chi connectivity index (χ4v) is 3.23. The Morgan fingerprint density at radius 1 is 1.15 bits per heavy atom. The average Bonchev–Trinajstić information content (AvgIpc) is 3.07. The van der Waals surface area contributed by atoms with E-state index >= 15 is 0 Å². The molecule has 0 aliphatic carbocycles. The number of imidazole rings is 1. The Hall–Kier alpha value is -2.96. The molecule has 1 aliphatic rings. The molecule has 3 aromatic rings. The van der Waals surface area contributed by atoms with Crippen LogP contribution in [0.15, 0.2) is 42.7 Å². The third-order valence-electron chi connectivity index (χ3n) is 4.69. The molecule has 1 saturated heterocycles. The van der Waals surface area contributed by atoms with E-state index in [2.05, 4.69) is 15.2 Å². The highest BCUT2D eigenvalue weighted by Gasteiger charge is 2.24. The minimum absolute atomic E-state index is 0.0742. The summed E-state index contributed by atoms with van der Waals surface area (Å²) in [4.78, 5) is 18.9. The van der Waals surface area contributed by atoms with Gasteiger partial charge in [-0.15, -0.1) is 5.10 Å². The maximum absolute atomic E-state index is 12.6. The molecule has 0 unspecified atom stereocenters. The van der Waals surface area contributed by atoms with E-state index in [9.17, 15) is 4.79 Å². The molecule has 1 aromatic carbocycles. The molecule has 7 nitrogen and oxygen atoms in total. The van der Waals surface area contributed by atoms with E-state index in [1.165, 1.54) is 0 Å². The van der Waals surface area contributed by atoms with Crippen LogP contribution in [-0.4, -0.2) is 49.7 Å². The van der Waals surface area contributed by atoms with Gasteiger partial charge in [-0.05, 0) is 25.1 Å². The van der Waals surface area contributed by atoms with Crippen molar-refractivity contribution in [1.29, 1.82) is 0 Å². The van der Waals surface area contributed by atoms with Crippen molar-refractivity contribution in [3.63, 3.8) is 0 Å². The van der Waals surface area contributed by atoms with E-state index in [-0.39, 0.29) is 12.0 Å². The zero-order valence-corrected chi connectivity index (χ0v) is 14.7. The molecule has 0 N–H and O–H groups in total. The van der Waals surface area contributed by atoms with Gasteiger partial charge in [0.25, 0.3) is 0 Å². The van der Waals surface area contributed by atoms with Crippen molar-refractivity contribution >= 4 is 16.9 Å². The van der Waals surface area contributed by atoms with Crippen LogP contribution in [0.4, 0.5) is 0 Å². The number of ether oxygens (including phenoxy) is 1. The topological polar surface area (TPSA) is 73.1 Å². The van der Waals surface area contributed by atoms with Crippen LogP contribution in [0.3, 0.4) is 0 Å². The van der Waals surface area contributed by atoms with Crippen molar-refractivity contribution in [3.05, 3.63) is 48.4 Å². The third-order valence-corrected chi connectivity index (χ3v) is 4.69. The fourth-order valence-electron chi connectivity index (χ4n) is 3.23. The molecule has 0 bridgehead atoms. The number of fused-ring (bicyclic) bond motifs is 1. The lowest BCUT2D eigenvalue weighted by atomic mass is 10.1. The number of aromatic nitrogens is 4. The standard InChI is InChI=1S/C19H21N5O2/c1-14-6-7-18(22-21-14)26-15-8-10-23(11-9-15)19(25)12-24-13-20-16-4-2-3-5-17(16)24/h2-7,13,15H,8-12H2,1H3. The zero-order valence-electron chi connectivity index (χ0n) is 14.7. The molecule has 0 saturated carbocycles. The maximum atomic E-state index is 12.6. The second-order valence-corrected chi connectivity index (χ2v) is 6.57. The van der Waals surface area contributed by atoms with Gasteiger partial charge in [-0.1, -0.05) is 12.1 Å². The number of para-hydroxylation sites is 2. The molecule has 2 aromatic heterocycles. The molecule has 4 rings (SSSR count). The molecule has 0 spiro atoms. The summed E-state index contributed by atoms with van der Waals surface area (Å²) in [7, 11) is 0. The van der Waals surface area contributed by atoms with Gasteiger partial charge in [0, 0.05) is 32.0 Å². The van der Waals surface area contributed by atoms with Crippen LogP contribution in [0, 0.1) is 6.92 Å². The van der Waals surface area contributed by atoms with Crippen LogP contribution in [0.2, 0.25) is 0 Å². The van der Waals surface area contributed by atoms with Crippen molar-refractivity contribution in [2.24, 2.45) is 0 Å². The van der Waals surface area contributed by atoms with Gasteiger partial charge in [0.1, 0.15) is 12.6 Å². The molecule has 1 aliphatic heterocycles. The fraction of sp³-hybridized carbons (Fsp3) is 0.368. The molecule has 134 valence electrons. The number of aryl methyl sites for hydroxylation is 1. The highest BCUT2D eigenvalue weighted by molar-refractivity contribution is 5.80. The first-order chi connectivity index (χ1) is 12.7. The minimum Gasteiger partial charge on any atom is -0.473 e. The van der Waals surface area contributed by atoms with Gasteiger partial charge in [0.2, 0.25) is 11.8 Å². The number of hydrogen-bond donors (Lipinski definition) is 0. The van der Waals surface area contributed by atoms with Gasteiger partial charge in [0.05, 0.1) is 23.1 Å². The van der Waals surface area contributed by atoms with Crippen molar-refractivity contribution in [2.75, 3.05) is 13.1 Å². The lowest BCUT2D eigenvalue weighted by Gasteiger charge is -2.32. The number of hydrogen-bond acceptors (Lipinski definition) is 5. The molecule has 1 amide bonds. The largest absolute Gasteiger partial charge is 0.473 e. The summed E-state index contributed by atoms with van der Waals surface area (Å²) in [5.41, 5.74) is 2.76. The zero-order chi connectivity index (χ0) is 17.9. The number of benzene rings is 1. The Labute approximate surface area is 151 Å². The normalized spacial score (nSPS) is 15.3. The van der Waals surface area contributed by atoms with Crippen LogP contribution >= 0.6 is 0 Å². The maximum Gasteiger partial charge on any atom is 0.242 e. The van der Waals surface area contributed by atoms with Crippen molar-refractivity contribution < 1.29 is 9.53 Å². The van der Waals surface area contributed by atoms with E-state index in [0.29, 0.717) is 25.5 Å². The predicted molar refractivity (Wildman–Crippen MR) is 96.7 cm³/mol. The second-order valence-electron chi connectivity index (χ2n) is 6.57. The summed E-state index contributed by atoms with van der Waals surface area (Å²) in [6, 6.07) is 11.6. The number of amides is 1. The molecule has 0 radical (unpaired) electrons. The summed E-state index contributed by atoms with van der Waals surface area (Å²) < 4.78 is 7.78. The van der Waals surface area contributed by atoms with E-state index < -0.39 is 0 Å². The first-order valence-electron chi connectivity index (χ1n) is 8.84. The Morgan fingerprint density at radius 2 is 1.96 bits per heavy atom. The van der Waals surface area contributed by atoms with Crippen LogP contribution in [-0.2, 0) is 11.3 Å². The van der Waals surface area contributed by atoms with E-state index in [0.717, 1.165) is 29.6 Å². The molecule has 26 heavy (non-hydrogen) atoms. The number of rotatable bonds is 4. The minimum atomic E-state index is 0.0742. The SMILES string of the molecule is Cc1ccc(OC2CCN(C(=O)Cn3cnc4ccccc43)CC2)nn1. The van der Waals surface area contributed by atoms with Crippen molar-refractivity contribution in [2.45, 2.75) is 32.4 Å². The molecular weight excluding hydrogens is 330 g/mol. The van der Waals surface area contributed by atoms with Gasteiger partial charge in [-0.25, -0.2) is 4.98 Å². The quantitative estimate of drug-likeness (QED) is 0.720. The van der Waals surface area contributed by atoms with Crippen LogP contribution < -0.4 is 4.74 Å². The van der Waals surface area contributed by atoms with Gasteiger partial charge in [-0.3, -0.25) is 4.79 Å². The molecule has 1 fully saturated rings. The third kappa shape index (κ3) is 3.51. The number of carbonyl (C=O) groups is 1. The Bertz CT molecular complexity index is 898. The predicted octanol–water partition coefficient (Wildman–Crippen LogP) is 2.20. The van der Waals surface area contributed by atoms with E-state index in [1.807, 2.05) is 52.8 Å². The molecule has 0 atom stereocenters. The van der Waals surface area contributed by atoms with Gasteiger partial charge < -0.3 is 14.2 Å². The van der Waals surface area contributed by atoms with Crippen molar-refractivity contribution in [3.8, 4) is 5.88 Å². The molecule has 3 heterocycles.